The van der Waals surface area contributed by atoms with E-state index in [1.807, 2.05) is 6.92 Å². The maximum absolute atomic E-state index is 11.9. The van der Waals surface area contributed by atoms with Crippen LogP contribution in [0.4, 0.5) is 0 Å². The lowest BCUT2D eigenvalue weighted by molar-refractivity contribution is -0.147. The molecule has 0 rings (SSSR count). The molecule has 0 fully saturated rings. The molecule has 0 saturated heterocycles. The van der Waals surface area contributed by atoms with Crippen molar-refractivity contribution in [2.45, 2.75) is 142 Å². The Bertz CT molecular complexity index is 759. The van der Waals surface area contributed by atoms with Gasteiger partial charge in [-0.2, -0.15) is 0 Å². The molecule has 10 heteroatoms. The second-order valence-corrected chi connectivity index (χ2v) is 12.2. The normalized spacial score (nSPS) is 13.9. The number of esters is 1. The summed E-state index contributed by atoms with van der Waals surface area (Å²) >= 11 is 0. The fourth-order valence-electron chi connectivity index (χ4n) is 4.09. The molecule has 0 spiro atoms. The third-order valence-electron chi connectivity index (χ3n) is 6.63. The molecule has 0 aliphatic carbocycles. The van der Waals surface area contributed by atoms with Gasteiger partial charge in [-0.3, -0.25) is 18.6 Å². The number of aliphatic hydroxyl groups excluding tert-OH is 1. The molecule has 246 valence electrons. The Morgan fingerprint density at radius 2 is 1.31 bits per heavy atom. The van der Waals surface area contributed by atoms with Crippen LogP contribution in [0.3, 0.4) is 0 Å². The molecule has 0 aromatic heterocycles. The van der Waals surface area contributed by atoms with Gasteiger partial charge in [-0.05, 0) is 44.9 Å². The summed E-state index contributed by atoms with van der Waals surface area (Å²) < 4.78 is 26.3. The first-order chi connectivity index (χ1) is 20.3. The maximum Gasteiger partial charge on any atom is 0.472 e. The van der Waals surface area contributed by atoms with Gasteiger partial charge in [0.05, 0.1) is 13.2 Å². The van der Waals surface area contributed by atoms with Crippen LogP contribution in [-0.2, 0) is 27.9 Å². The summed E-state index contributed by atoms with van der Waals surface area (Å²) in [5, 5.41) is 12.4. The van der Waals surface area contributed by atoms with Crippen LogP contribution in [-0.4, -0.2) is 54.3 Å². The van der Waals surface area contributed by atoms with Gasteiger partial charge >= 0.3 is 13.8 Å². The highest BCUT2D eigenvalue weighted by atomic mass is 31.2. The Balaban J connectivity index is 3.54. The summed E-state index contributed by atoms with van der Waals surface area (Å²) in [7, 11) is -4.39. The molecule has 0 aliphatic rings. The highest BCUT2D eigenvalue weighted by molar-refractivity contribution is 7.47. The van der Waals surface area contributed by atoms with Gasteiger partial charge in [0.15, 0.2) is 0 Å². The van der Waals surface area contributed by atoms with Crippen molar-refractivity contribution in [3.8, 4) is 0 Å². The SMILES string of the molecule is CCCCC/C=C\C/C=C\CCCCCCCCCCCC(=O)NCCOP(=O)(O)OCC(O)COC(=O)CCCC. The quantitative estimate of drug-likeness (QED) is 0.0323. The topological polar surface area (TPSA) is 131 Å². The highest BCUT2D eigenvalue weighted by Gasteiger charge is 2.23. The van der Waals surface area contributed by atoms with Crippen molar-refractivity contribution in [2.24, 2.45) is 0 Å². The zero-order chi connectivity index (χ0) is 31.2. The van der Waals surface area contributed by atoms with Crippen molar-refractivity contribution in [1.82, 2.24) is 5.32 Å². The summed E-state index contributed by atoms with van der Waals surface area (Å²) in [6.07, 6.45) is 28.0. The van der Waals surface area contributed by atoms with Crippen molar-refractivity contribution in [2.75, 3.05) is 26.4 Å². The summed E-state index contributed by atoms with van der Waals surface area (Å²) in [6.45, 7) is 3.22. The minimum Gasteiger partial charge on any atom is -0.463 e. The van der Waals surface area contributed by atoms with Crippen LogP contribution in [0.1, 0.15) is 136 Å². The van der Waals surface area contributed by atoms with Crippen molar-refractivity contribution in [1.29, 1.82) is 0 Å². The van der Waals surface area contributed by atoms with Crippen molar-refractivity contribution < 1.29 is 37.9 Å². The molecule has 0 bridgehead atoms. The molecule has 0 aliphatic heterocycles. The van der Waals surface area contributed by atoms with Gasteiger partial charge in [-0.15, -0.1) is 0 Å². The summed E-state index contributed by atoms with van der Waals surface area (Å²) in [6, 6.07) is 0. The number of carbonyl (C=O) groups excluding carboxylic acids is 2. The Morgan fingerprint density at radius 3 is 1.93 bits per heavy atom. The first kappa shape index (κ1) is 40.5. The van der Waals surface area contributed by atoms with Gasteiger partial charge in [-0.25, -0.2) is 4.57 Å². The lowest BCUT2D eigenvalue weighted by Gasteiger charge is -2.15. The van der Waals surface area contributed by atoms with E-state index in [9.17, 15) is 24.2 Å². The van der Waals surface area contributed by atoms with Gasteiger partial charge in [0.2, 0.25) is 5.91 Å². The molecule has 2 atom stereocenters. The molecule has 0 saturated carbocycles. The lowest BCUT2D eigenvalue weighted by atomic mass is 10.1. The largest absolute Gasteiger partial charge is 0.472 e. The number of phosphoric ester groups is 1. The standard InChI is InChI=1S/C32H60NO8P/c1-3-5-7-8-9-10-11-12-13-14-15-16-17-18-19-20-21-22-23-24-31(35)33-26-27-40-42(37,38)41-29-30(34)28-39-32(36)25-6-4-2/h9-10,12-13,30,34H,3-8,11,14-29H2,1-2H3,(H,33,35)(H,37,38)/b10-9-,13-12-. The average Bonchev–Trinajstić information content (AvgIpc) is 2.97. The number of hydrogen-bond donors (Lipinski definition) is 3. The zero-order valence-electron chi connectivity index (χ0n) is 26.4. The molecule has 42 heavy (non-hydrogen) atoms. The van der Waals surface area contributed by atoms with E-state index in [0.717, 1.165) is 32.1 Å². The van der Waals surface area contributed by atoms with Crippen LogP contribution in [0.25, 0.3) is 0 Å². The van der Waals surface area contributed by atoms with Crippen LogP contribution in [0, 0.1) is 0 Å². The van der Waals surface area contributed by atoms with Crippen LogP contribution >= 0.6 is 7.82 Å². The first-order valence-electron chi connectivity index (χ1n) is 16.3. The predicted octanol–water partition coefficient (Wildman–Crippen LogP) is 7.70. The minimum atomic E-state index is -4.39. The maximum atomic E-state index is 11.9. The third kappa shape index (κ3) is 30.0. The van der Waals surface area contributed by atoms with Crippen molar-refractivity contribution in [3.05, 3.63) is 24.3 Å². The number of phosphoric acid groups is 1. The Morgan fingerprint density at radius 1 is 0.738 bits per heavy atom. The number of hydrogen-bond acceptors (Lipinski definition) is 7. The molecule has 0 aromatic rings. The van der Waals surface area contributed by atoms with Gasteiger partial charge in [0.1, 0.15) is 12.7 Å². The van der Waals surface area contributed by atoms with Crippen LogP contribution < -0.4 is 5.32 Å². The van der Waals surface area contributed by atoms with Crippen molar-refractivity contribution >= 4 is 19.7 Å². The zero-order valence-corrected chi connectivity index (χ0v) is 27.3. The second-order valence-electron chi connectivity index (χ2n) is 10.8. The number of ether oxygens (including phenoxy) is 1. The number of nitrogens with one attached hydrogen (secondary N) is 1. The van der Waals surface area contributed by atoms with E-state index < -0.39 is 26.5 Å². The van der Waals surface area contributed by atoms with E-state index >= 15 is 0 Å². The first-order valence-corrected chi connectivity index (χ1v) is 17.8. The third-order valence-corrected chi connectivity index (χ3v) is 7.62. The highest BCUT2D eigenvalue weighted by Crippen LogP contribution is 2.42. The molecule has 2 unspecified atom stereocenters. The molecular weight excluding hydrogens is 557 g/mol. The van der Waals surface area contributed by atoms with Crippen molar-refractivity contribution in [3.63, 3.8) is 0 Å². The number of allylic oxidation sites excluding steroid dienone is 4. The minimum absolute atomic E-state index is 0.0797. The van der Waals surface area contributed by atoms with Gasteiger partial charge in [0, 0.05) is 19.4 Å². The van der Waals surface area contributed by atoms with Crippen LogP contribution in [0.5, 0.6) is 0 Å². The number of unbranched alkanes of at least 4 members (excludes halogenated alkanes) is 13. The fraction of sp³-hybridized carbons (Fsp3) is 0.812. The predicted molar refractivity (Wildman–Crippen MR) is 169 cm³/mol. The Kier molecular flexibility index (Phi) is 28.5. The number of carbonyl (C=O) groups is 2. The summed E-state index contributed by atoms with van der Waals surface area (Å²) in [4.78, 5) is 33.0. The number of aliphatic hydroxyl groups is 1. The Labute approximate surface area is 255 Å². The van der Waals surface area contributed by atoms with Gasteiger partial charge in [0.25, 0.3) is 0 Å². The molecule has 0 aromatic carbocycles. The van der Waals surface area contributed by atoms with Crippen LogP contribution in [0.2, 0.25) is 0 Å². The molecule has 0 heterocycles. The van der Waals surface area contributed by atoms with E-state index in [2.05, 4.69) is 36.5 Å². The fourth-order valence-corrected chi connectivity index (χ4v) is 4.85. The van der Waals surface area contributed by atoms with Crippen LogP contribution in [0.15, 0.2) is 24.3 Å². The number of amides is 1. The van der Waals surface area contributed by atoms with Gasteiger partial charge in [-0.1, -0.05) is 102 Å². The summed E-state index contributed by atoms with van der Waals surface area (Å²) in [5.41, 5.74) is 0. The molecule has 9 nitrogen and oxygen atoms in total. The summed E-state index contributed by atoms with van der Waals surface area (Å²) in [5.74, 6) is -0.559. The van der Waals surface area contributed by atoms with E-state index in [4.69, 9.17) is 13.8 Å². The molecule has 0 radical (unpaired) electrons. The lowest BCUT2D eigenvalue weighted by Crippen LogP contribution is -2.27. The monoisotopic (exact) mass is 617 g/mol. The molecule has 1 amide bonds. The van der Waals surface area contributed by atoms with E-state index in [1.54, 1.807) is 0 Å². The van der Waals surface area contributed by atoms with E-state index in [-0.39, 0.29) is 32.1 Å². The van der Waals surface area contributed by atoms with E-state index in [1.165, 1.54) is 70.6 Å². The average molecular weight is 618 g/mol. The Hall–Kier alpha value is -1.51. The molecule has 3 N–H and O–H groups in total. The second kappa shape index (κ2) is 29.6. The number of rotatable bonds is 30. The van der Waals surface area contributed by atoms with E-state index in [0.29, 0.717) is 12.8 Å². The smallest absolute Gasteiger partial charge is 0.463 e. The van der Waals surface area contributed by atoms with Gasteiger partial charge < -0.3 is 20.1 Å². The molecular formula is C32H60NO8P.